The molecule has 2 amide bonds. The van der Waals surface area contributed by atoms with Gasteiger partial charge in [-0.25, -0.2) is 9.31 Å². The molecular weight excluding hydrogens is 536 g/mol. The Morgan fingerprint density at radius 1 is 1.24 bits per heavy atom. The fraction of sp³-hybridized carbons (Fsp3) is 0.333. The van der Waals surface area contributed by atoms with Crippen LogP contribution in [-0.2, 0) is 4.74 Å². The first-order valence-electron chi connectivity index (χ1n) is 13.7. The molecule has 3 N–H and O–H groups in total. The van der Waals surface area contributed by atoms with Gasteiger partial charge in [-0.2, -0.15) is 10.1 Å². The lowest BCUT2D eigenvalue weighted by molar-refractivity contribution is 0.0199. The van der Waals surface area contributed by atoms with E-state index in [1.54, 1.807) is 47.1 Å². The number of nitrogens with two attached hydrogens (primary N) is 1. The molecular formula is C30H34N8O4. The Hall–Kier alpha value is -5.00. The number of aliphatic imine (C=N–C) groups is 1. The van der Waals surface area contributed by atoms with Crippen molar-refractivity contribution in [2.75, 3.05) is 18.9 Å². The van der Waals surface area contributed by atoms with Crippen LogP contribution in [-0.4, -0.2) is 62.1 Å². The van der Waals surface area contributed by atoms with Gasteiger partial charge in [0.15, 0.2) is 0 Å². The first-order valence-corrected chi connectivity index (χ1v) is 13.7. The van der Waals surface area contributed by atoms with Gasteiger partial charge >= 0.3 is 6.09 Å². The van der Waals surface area contributed by atoms with Gasteiger partial charge in [-0.1, -0.05) is 17.3 Å². The van der Waals surface area contributed by atoms with E-state index in [0.29, 0.717) is 52.7 Å². The summed E-state index contributed by atoms with van der Waals surface area (Å²) in [5.41, 5.74) is 9.96. The molecule has 0 radical (unpaired) electrons. The lowest BCUT2D eigenvalue weighted by Gasteiger charge is -2.26. The van der Waals surface area contributed by atoms with Crippen molar-refractivity contribution in [3.63, 3.8) is 0 Å². The summed E-state index contributed by atoms with van der Waals surface area (Å²) in [6, 6.07) is 8.81. The number of aromatic nitrogens is 4. The third kappa shape index (κ3) is 6.02. The number of nitrogens with one attached hydrogen (secondary N) is 1. The molecule has 4 aromatic rings. The molecule has 1 saturated heterocycles. The van der Waals surface area contributed by atoms with Gasteiger partial charge < -0.3 is 20.3 Å². The van der Waals surface area contributed by atoms with Crippen LogP contribution in [0.5, 0.6) is 0 Å². The predicted molar refractivity (Wildman–Crippen MR) is 159 cm³/mol. The second-order valence-corrected chi connectivity index (χ2v) is 11.1. The number of rotatable bonds is 6. The summed E-state index contributed by atoms with van der Waals surface area (Å²) in [6.07, 6.45) is 7.70. The van der Waals surface area contributed by atoms with Crippen LogP contribution in [0.4, 0.5) is 10.5 Å². The molecule has 4 heterocycles. The summed E-state index contributed by atoms with van der Waals surface area (Å²) in [7, 11) is 1.67. The average Bonchev–Trinajstić information content (AvgIpc) is 3.71. The van der Waals surface area contributed by atoms with E-state index in [2.05, 4.69) is 25.5 Å². The number of nitrogens with zero attached hydrogens (tertiary/aromatic N) is 6. The Morgan fingerprint density at radius 3 is 2.81 bits per heavy atom. The molecule has 1 atom stereocenters. The van der Waals surface area contributed by atoms with Gasteiger partial charge in [0.25, 0.3) is 5.91 Å². The Kier molecular flexibility index (Phi) is 7.79. The average molecular weight is 571 g/mol. The van der Waals surface area contributed by atoms with E-state index in [1.807, 2.05) is 45.9 Å². The Balaban J connectivity index is 1.34. The lowest BCUT2D eigenvalue weighted by Crippen LogP contribution is -2.36. The number of aryl methyl sites for hydroxylation is 1. The van der Waals surface area contributed by atoms with Crippen LogP contribution in [0.1, 0.15) is 67.0 Å². The number of hydrogen-bond donors (Lipinski definition) is 2. The van der Waals surface area contributed by atoms with Crippen molar-refractivity contribution < 1.29 is 18.8 Å². The first kappa shape index (κ1) is 28.5. The fourth-order valence-corrected chi connectivity index (χ4v) is 4.72. The van der Waals surface area contributed by atoms with Gasteiger partial charge in [-0.3, -0.25) is 14.7 Å². The van der Waals surface area contributed by atoms with Crippen molar-refractivity contribution in [3.05, 3.63) is 71.4 Å². The molecule has 1 aliphatic rings. The van der Waals surface area contributed by atoms with Crippen LogP contribution >= 0.6 is 0 Å². The molecule has 5 rings (SSSR count). The number of likely N-dealkylation sites (tertiary alicyclic amines) is 1. The highest BCUT2D eigenvalue weighted by molar-refractivity contribution is 6.09. The highest BCUT2D eigenvalue weighted by Gasteiger charge is 2.36. The molecule has 12 nitrogen and oxygen atoms in total. The number of ether oxygens (including phenoxy) is 1. The maximum Gasteiger partial charge on any atom is 0.410 e. The van der Waals surface area contributed by atoms with Crippen molar-refractivity contribution in [3.8, 4) is 11.4 Å². The molecule has 0 saturated carbocycles. The number of fused-ring (bicyclic) bond motifs is 1. The molecule has 218 valence electrons. The fourth-order valence-electron chi connectivity index (χ4n) is 4.72. The minimum atomic E-state index is -0.603. The van der Waals surface area contributed by atoms with Gasteiger partial charge in [0.1, 0.15) is 11.6 Å². The normalized spacial score (nSPS) is 16.0. The number of benzene rings is 1. The monoisotopic (exact) mass is 570 g/mol. The van der Waals surface area contributed by atoms with Gasteiger partial charge in [-0.15, -0.1) is 0 Å². The van der Waals surface area contributed by atoms with Gasteiger partial charge in [0, 0.05) is 48.5 Å². The number of carbonyl (C=O) groups excluding carboxylic acids is 2. The van der Waals surface area contributed by atoms with Crippen molar-refractivity contribution in [1.29, 1.82) is 0 Å². The minimum Gasteiger partial charge on any atom is -0.444 e. The summed E-state index contributed by atoms with van der Waals surface area (Å²) < 4.78 is 12.8. The SMILES string of the molecule is CN=C/C=C(\N)c1ccc2c(C(=O)Nc3cc(-c4noc(C5CCCN5C(=O)OC(C)(C)C)n4)ccc3C)cnn2c1. The third-order valence-corrected chi connectivity index (χ3v) is 6.85. The summed E-state index contributed by atoms with van der Waals surface area (Å²) in [4.78, 5) is 36.2. The topological polar surface area (TPSA) is 153 Å². The van der Waals surface area contributed by atoms with Gasteiger partial charge in [0.2, 0.25) is 11.7 Å². The molecule has 0 bridgehead atoms. The molecule has 0 spiro atoms. The van der Waals surface area contributed by atoms with Crippen molar-refractivity contribution >= 4 is 35.1 Å². The van der Waals surface area contributed by atoms with Gasteiger partial charge in [-0.05, 0) is 70.4 Å². The van der Waals surface area contributed by atoms with Gasteiger partial charge in [0.05, 0.1) is 17.3 Å². The quantitative estimate of drug-likeness (QED) is 0.307. The highest BCUT2D eigenvalue weighted by Crippen LogP contribution is 2.34. The third-order valence-electron chi connectivity index (χ3n) is 6.85. The van der Waals surface area contributed by atoms with Crippen LogP contribution in [0.15, 0.2) is 58.3 Å². The molecule has 3 aromatic heterocycles. The Bertz CT molecular complexity index is 1690. The van der Waals surface area contributed by atoms with Crippen LogP contribution in [0.25, 0.3) is 22.6 Å². The zero-order valence-electron chi connectivity index (χ0n) is 24.3. The molecule has 0 aliphatic carbocycles. The van der Waals surface area contributed by atoms with E-state index in [1.165, 1.54) is 6.20 Å². The summed E-state index contributed by atoms with van der Waals surface area (Å²) in [5.74, 6) is 0.397. The predicted octanol–water partition coefficient (Wildman–Crippen LogP) is 5.02. The van der Waals surface area contributed by atoms with E-state index in [0.717, 1.165) is 17.5 Å². The summed E-state index contributed by atoms with van der Waals surface area (Å²) >= 11 is 0. The number of allylic oxidation sites excluding steroid dienone is 1. The van der Waals surface area contributed by atoms with Crippen LogP contribution in [0.2, 0.25) is 0 Å². The van der Waals surface area contributed by atoms with E-state index in [9.17, 15) is 9.59 Å². The number of amides is 2. The summed E-state index contributed by atoms with van der Waals surface area (Å²) in [6.45, 7) is 7.95. The van der Waals surface area contributed by atoms with E-state index < -0.39 is 11.7 Å². The molecule has 1 unspecified atom stereocenters. The number of pyridine rings is 1. The Labute approximate surface area is 243 Å². The first-order chi connectivity index (χ1) is 20.0. The minimum absolute atomic E-state index is 0.313. The molecule has 1 aromatic carbocycles. The van der Waals surface area contributed by atoms with Crippen molar-refractivity contribution in [2.45, 2.75) is 52.2 Å². The molecule has 1 aliphatic heterocycles. The maximum absolute atomic E-state index is 13.3. The number of hydrogen-bond acceptors (Lipinski definition) is 9. The van der Waals surface area contributed by atoms with E-state index >= 15 is 0 Å². The second kappa shape index (κ2) is 11.5. The molecule has 1 fully saturated rings. The molecule has 42 heavy (non-hydrogen) atoms. The van der Waals surface area contributed by atoms with Crippen LogP contribution in [0, 0.1) is 6.92 Å². The largest absolute Gasteiger partial charge is 0.444 e. The zero-order valence-corrected chi connectivity index (χ0v) is 24.3. The Morgan fingerprint density at radius 2 is 2.05 bits per heavy atom. The maximum atomic E-state index is 13.3. The standard InChI is InChI=1S/C30H34N8O4/c1-18-8-9-19(26-35-28(42-36-26)25-7-6-14-37(25)29(40)41-30(2,3)4)15-23(18)34-27(39)21-16-33-38-17-20(10-11-24(21)38)22(31)12-13-32-5/h8-13,15-17,25H,6-7,14,31H2,1-5H3,(H,34,39)/b22-12-,32-13?. The van der Waals surface area contributed by atoms with E-state index in [-0.39, 0.29) is 11.9 Å². The van der Waals surface area contributed by atoms with E-state index in [4.69, 9.17) is 15.0 Å². The number of carbonyl (C=O) groups is 2. The molecule has 12 heteroatoms. The van der Waals surface area contributed by atoms with Crippen LogP contribution in [0.3, 0.4) is 0 Å². The summed E-state index contributed by atoms with van der Waals surface area (Å²) in [5, 5.41) is 11.5. The lowest BCUT2D eigenvalue weighted by atomic mass is 10.1. The van der Waals surface area contributed by atoms with Crippen LogP contribution < -0.4 is 11.1 Å². The number of anilines is 1. The zero-order chi connectivity index (χ0) is 30.0. The van der Waals surface area contributed by atoms with Crippen molar-refractivity contribution in [2.24, 2.45) is 10.7 Å². The van der Waals surface area contributed by atoms with Crippen molar-refractivity contribution in [1.82, 2.24) is 24.7 Å². The second-order valence-electron chi connectivity index (χ2n) is 11.1. The highest BCUT2D eigenvalue weighted by atomic mass is 16.6. The smallest absolute Gasteiger partial charge is 0.410 e.